The van der Waals surface area contributed by atoms with Crippen molar-refractivity contribution in [1.82, 2.24) is 0 Å². The number of ether oxygens (including phenoxy) is 1. The molecule has 0 spiro atoms. The molecule has 0 radical (unpaired) electrons. The van der Waals surface area contributed by atoms with Gasteiger partial charge in [-0.1, -0.05) is 29.8 Å². The third kappa shape index (κ3) is 5.58. The molecule has 208 valence electrons. The van der Waals surface area contributed by atoms with Crippen molar-refractivity contribution in [2.75, 3.05) is 6.61 Å². The lowest BCUT2D eigenvalue weighted by Gasteiger charge is -2.40. The number of aliphatic carboxylic acids is 1. The lowest BCUT2D eigenvalue weighted by atomic mass is 9.89. The number of hydrogen-bond donors (Lipinski definition) is 6. The van der Waals surface area contributed by atoms with E-state index in [1.54, 1.807) is 38.1 Å². The zero-order chi connectivity index (χ0) is 28.6. The van der Waals surface area contributed by atoms with Crippen LogP contribution in [-0.2, 0) is 16.0 Å². The van der Waals surface area contributed by atoms with Crippen molar-refractivity contribution < 1.29 is 44.6 Å². The minimum absolute atomic E-state index is 0.0380. The Hall–Kier alpha value is -3.61. The van der Waals surface area contributed by atoms with E-state index in [9.17, 15) is 40.2 Å². The number of aliphatic hydroxyl groups is 4. The van der Waals surface area contributed by atoms with Crippen LogP contribution >= 0.6 is 0 Å². The van der Waals surface area contributed by atoms with Gasteiger partial charge in [0.25, 0.3) is 0 Å². The number of fused-ring (bicyclic) bond motifs is 1. The van der Waals surface area contributed by atoms with Crippen LogP contribution in [0.25, 0.3) is 11.0 Å². The minimum Gasteiger partial charge on any atom is -0.507 e. The molecule has 4 rings (SSSR count). The Morgan fingerprint density at radius 1 is 1.05 bits per heavy atom. The summed E-state index contributed by atoms with van der Waals surface area (Å²) in [6, 6.07) is 8.29. The third-order valence-electron chi connectivity index (χ3n) is 6.85. The molecule has 6 atom stereocenters. The molecule has 2 aromatic carbocycles. The third-order valence-corrected chi connectivity index (χ3v) is 6.85. The lowest BCUT2D eigenvalue weighted by molar-refractivity contribution is -0.231. The predicted octanol–water partition coefficient (Wildman–Crippen LogP) is 1.46. The number of aliphatic imine (C=N–C) groups is 1. The first-order valence-electron chi connectivity index (χ1n) is 12.3. The summed E-state index contributed by atoms with van der Waals surface area (Å²) < 4.78 is 11.6. The second-order valence-corrected chi connectivity index (χ2v) is 9.85. The highest BCUT2D eigenvalue weighted by atomic mass is 16.5. The molecule has 0 saturated carbocycles. The molecule has 1 fully saturated rings. The summed E-state index contributed by atoms with van der Waals surface area (Å²) in [5.41, 5.74) is 1.48. The van der Waals surface area contributed by atoms with Crippen LogP contribution in [-0.4, -0.2) is 73.3 Å². The van der Waals surface area contributed by atoms with Gasteiger partial charge >= 0.3 is 5.97 Å². The van der Waals surface area contributed by atoms with Gasteiger partial charge in [0.15, 0.2) is 11.5 Å². The monoisotopic (exact) mass is 541 g/mol. The maximum absolute atomic E-state index is 13.1. The van der Waals surface area contributed by atoms with Crippen molar-refractivity contribution in [2.24, 2.45) is 4.99 Å². The number of carboxylic acid groups (broad SMARTS) is 1. The number of rotatable bonds is 7. The highest BCUT2D eigenvalue weighted by Crippen LogP contribution is 2.41. The maximum Gasteiger partial charge on any atom is 0.333 e. The molecule has 1 saturated heterocycles. The number of carboxylic acids is 1. The number of carbonyl (C=O) groups is 1. The first kappa shape index (κ1) is 28.4. The molecular formula is C28H31NO10. The van der Waals surface area contributed by atoms with Gasteiger partial charge in [0.2, 0.25) is 0 Å². The average molecular weight is 542 g/mol. The lowest BCUT2D eigenvalue weighted by Crippen LogP contribution is -2.55. The fourth-order valence-electron chi connectivity index (χ4n) is 4.82. The van der Waals surface area contributed by atoms with E-state index in [4.69, 9.17) is 9.15 Å². The molecule has 39 heavy (non-hydrogen) atoms. The molecule has 6 N–H and O–H groups in total. The van der Waals surface area contributed by atoms with Crippen LogP contribution in [0, 0.1) is 13.8 Å². The van der Waals surface area contributed by atoms with Crippen LogP contribution in [0.1, 0.15) is 47.1 Å². The Bertz CT molecular complexity index is 1460. The summed E-state index contributed by atoms with van der Waals surface area (Å²) >= 11 is 0. The Labute approximate surface area is 223 Å². The van der Waals surface area contributed by atoms with E-state index in [2.05, 4.69) is 4.99 Å². The Balaban J connectivity index is 1.78. The largest absolute Gasteiger partial charge is 0.507 e. The first-order chi connectivity index (χ1) is 18.4. The molecule has 11 nitrogen and oxygen atoms in total. The van der Waals surface area contributed by atoms with Crippen LogP contribution in [0.2, 0.25) is 0 Å². The van der Waals surface area contributed by atoms with Gasteiger partial charge in [-0.05, 0) is 38.0 Å². The van der Waals surface area contributed by atoms with Gasteiger partial charge < -0.3 is 39.8 Å². The molecule has 0 aliphatic carbocycles. The Morgan fingerprint density at radius 2 is 1.72 bits per heavy atom. The van der Waals surface area contributed by atoms with E-state index in [1.165, 1.54) is 12.1 Å². The number of aryl methyl sites for hydroxylation is 2. The van der Waals surface area contributed by atoms with Gasteiger partial charge in [0.05, 0.1) is 17.6 Å². The van der Waals surface area contributed by atoms with E-state index < -0.39 is 54.6 Å². The van der Waals surface area contributed by atoms with Crippen LogP contribution < -0.4 is 5.43 Å². The van der Waals surface area contributed by atoms with Crippen LogP contribution in [0.4, 0.5) is 0 Å². The molecule has 2 heterocycles. The molecule has 0 amide bonds. The standard InChI is InChI=1S/C28H31NO10/c1-12-4-6-15(7-5-12)22(28(36)37)29-14(3)9-16-10-18(32)20-13(2)8-17(31)21(26(20)38-16)27-25(35)24(34)23(33)19(11-30)39-27/h4-8,10,19,22-25,27,30-31,33-35H,9,11H2,1-3H3,(H,36,37). The van der Waals surface area contributed by atoms with Crippen molar-refractivity contribution in [1.29, 1.82) is 0 Å². The van der Waals surface area contributed by atoms with E-state index in [-0.39, 0.29) is 34.5 Å². The van der Waals surface area contributed by atoms with Gasteiger partial charge in [-0.25, -0.2) is 4.79 Å². The number of phenolic OH excluding ortho intramolecular Hbond substituents is 1. The summed E-state index contributed by atoms with van der Waals surface area (Å²) in [6.07, 6.45) is -7.78. The van der Waals surface area contributed by atoms with Gasteiger partial charge in [-0.3, -0.25) is 9.79 Å². The molecule has 1 aliphatic rings. The van der Waals surface area contributed by atoms with Crippen LogP contribution in [0.15, 0.2) is 50.6 Å². The van der Waals surface area contributed by atoms with Gasteiger partial charge in [0, 0.05) is 18.2 Å². The number of hydrogen-bond acceptors (Lipinski definition) is 10. The second-order valence-electron chi connectivity index (χ2n) is 9.85. The molecule has 11 heteroatoms. The van der Waals surface area contributed by atoms with E-state index >= 15 is 0 Å². The zero-order valence-corrected chi connectivity index (χ0v) is 21.6. The highest BCUT2D eigenvalue weighted by Gasteiger charge is 2.46. The number of phenols is 1. The van der Waals surface area contributed by atoms with E-state index in [0.29, 0.717) is 16.8 Å². The maximum atomic E-state index is 13.1. The Kier molecular flexibility index (Phi) is 8.19. The smallest absolute Gasteiger partial charge is 0.333 e. The van der Waals surface area contributed by atoms with Crippen molar-refractivity contribution in [2.45, 2.75) is 63.8 Å². The summed E-state index contributed by atoms with van der Waals surface area (Å²) in [4.78, 5) is 29.4. The number of nitrogens with zero attached hydrogens (tertiary/aromatic N) is 1. The topological polar surface area (TPSA) is 190 Å². The Morgan fingerprint density at radius 3 is 2.33 bits per heavy atom. The van der Waals surface area contributed by atoms with Gasteiger partial charge in [-0.15, -0.1) is 0 Å². The van der Waals surface area contributed by atoms with Crippen molar-refractivity contribution in [3.63, 3.8) is 0 Å². The van der Waals surface area contributed by atoms with Gasteiger partial charge in [0.1, 0.15) is 47.6 Å². The van der Waals surface area contributed by atoms with Crippen LogP contribution in [0.5, 0.6) is 5.75 Å². The first-order valence-corrected chi connectivity index (χ1v) is 12.3. The fourth-order valence-corrected chi connectivity index (χ4v) is 4.82. The number of benzene rings is 2. The molecule has 1 aliphatic heterocycles. The zero-order valence-electron chi connectivity index (χ0n) is 21.6. The summed E-state index contributed by atoms with van der Waals surface area (Å²) in [7, 11) is 0. The molecule has 3 aromatic rings. The number of aromatic hydroxyl groups is 1. The van der Waals surface area contributed by atoms with E-state index in [1.807, 2.05) is 6.92 Å². The molecular weight excluding hydrogens is 510 g/mol. The second kappa shape index (κ2) is 11.2. The van der Waals surface area contributed by atoms with E-state index in [0.717, 1.165) is 5.56 Å². The predicted molar refractivity (Wildman–Crippen MR) is 140 cm³/mol. The van der Waals surface area contributed by atoms with Gasteiger partial charge in [-0.2, -0.15) is 0 Å². The van der Waals surface area contributed by atoms with Crippen LogP contribution in [0.3, 0.4) is 0 Å². The fraction of sp³-hybridized carbons (Fsp3) is 0.393. The SMILES string of the molecule is CC(Cc1cc(=O)c2c(C)cc(O)c(C3OC(CO)C(O)C(O)C3O)c2o1)=NC(C(=O)O)c1ccc(C)cc1. The molecule has 1 aromatic heterocycles. The average Bonchev–Trinajstić information content (AvgIpc) is 2.87. The quantitative estimate of drug-likeness (QED) is 0.239. The molecule has 0 bridgehead atoms. The molecule has 6 unspecified atom stereocenters. The van der Waals surface area contributed by atoms with Crippen molar-refractivity contribution in [3.05, 3.63) is 74.6 Å². The highest BCUT2D eigenvalue weighted by molar-refractivity contribution is 5.89. The normalized spacial score (nSPS) is 24.6. The number of aliphatic hydroxyl groups excluding tert-OH is 4. The summed E-state index contributed by atoms with van der Waals surface area (Å²) in [5, 5.41) is 61.3. The van der Waals surface area contributed by atoms with Crippen molar-refractivity contribution >= 4 is 22.7 Å². The minimum atomic E-state index is -1.72. The summed E-state index contributed by atoms with van der Waals surface area (Å²) in [6.45, 7) is 4.39. The van der Waals surface area contributed by atoms with Crippen molar-refractivity contribution in [3.8, 4) is 5.75 Å². The summed E-state index contributed by atoms with van der Waals surface area (Å²) in [5.74, 6) is -1.43.